The smallest absolute Gasteiger partial charge is 0.276 e. The zero-order valence-electron chi connectivity index (χ0n) is 13.3. The normalized spacial score (nSPS) is 12.7. The van der Waals surface area contributed by atoms with Crippen molar-refractivity contribution in [1.29, 1.82) is 0 Å². The Morgan fingerprint density at radius 2 is 1.91 bits per heavy atom. The largest absolute Gasteiger partial charge is 0.359 e. The molecule has 9 heteroatoms. The summed E-state index contributed by atoms with van der Waals surface area (Å²) in [4.78, 5) is 2.37. The average molecular weight is 338 g/mol. The molecule has 0 radical (unpaired) electrons. The second-order valence-corrected chi connectivity index (χ2v) is 7.69. The predicted octanol–water partition coefficient (Wildman–Crippen LogP) is 1.23. The van der Waals surface area contributed by atoms with Crippen LogP contribution < -0.4 is 9.73 Å². The Hall–Kier alpha value is -2.42. The third-order valence-corrected chi connectivity index (χ3v) is 4.49. The van der Waals surface area contributed by atoms with Gasteiger partial charge in [0.2, 0.25) is 5.69 Å². The number of hydrogen-bond acceptors (Lipinski definition) is 6. The van der Waals surface area contributed by atoms with Crippen LogP contribution in [0.4, 0.5) is 0 Å². The van der Waals surface area contributed by atoms with Gasteiger partial charge in [-0.1, -0.05) is 32.9 Å². The van der Waals surface area contributed by atoms with Gasteiger partial charge in [-0.2, -0.15) is 18.4 Å². The Labute approximate surface area is 134 Å². The Morgan fingerprint density at radius 1 is 1.30 bits per heavy atom. The zero-order valence-corrected chi connectivity index (χ0v) is 14.1. The summed E-state index contributed by atoms with van der Waals surface area (Å²) in [5, 5.41) is 18.1. The van der Waals surface area contributed by atoms with Crippen LogP contribution in [-0.2, 0) is 15.4 Å². The highest BCUT2D eigenvalue weighted by molar-refractivity contribution is 7.89. The molecule has 0 aliphatic rings. The molecule has 23 heavy (non-hydrogen) atoms. The molecule has 124 valence electrons. The molecule has 2 rings (SSSR count). The van der Waals surface area contributed by atoms with E-state index in [-0.39, 0.29) is 26.6 Å². The molecule has 1 aromatic carbocycles. The van der Waals surface area contributed by atoms with Crippen LogP contribution in [0.25, 0.3) is 0 Å². The summed E-state index contributed by atoms with van der Waals surface area (Å²) in [5.41, 5.74) is 1.29. The molecule has 0 amide bonds. The van der Waals surface area contributed by atoms with Crippen molar-refractivity contribution in [3.8, 4) is 0 Å². The van der Waals surface area contributed by atoms with Crippen LogP contribution in [0.1, 0.15) is 37.7 Å². The lowest BCUT2D eigenvalue weighted by molar-refractivity contribution is -0.806. The molecule has 8 nitrogen and oxygen atoms in total. The topological polar surface area (TPSA) is 112 Å². The van der Waals surface area contributed by atoms with E-state index < -0.39 is 10.0 Å². The molecule has 1 aromatic heterocycles. The minimum Gasteiger partial charge on any atom is -0.359 e. The molecule has 1 heterocycles. The van der Waals surface area contributed by atoms with Gasteiger partial charge >= 0.3 is 0 Å². The van der Waals surface area contributed by atoms with Crippen LogP contribution in [0.5, 0.6) is 0 Å². The molecule has 0 aliphatic heterocycles. The molecule has 0 spiro atoms. The highest BCUT2D eigenvalue weighted by Gasteiger charge is 2.17. The van der Waals surface area contributed by atoms with E-state index in [4.69, 9.17) is 0 Å². The van der Waals surface area contributed by atoms with E-state index in [9.17, 15) is 13.6 Å². The van der Waals surface area contributed by atoms with Crippen molar-refractivity contribution in [2.24, 2.45) is 5.10 Å². The first-order chi connectivity index (χ1) is 10.6. The molecule has 0 bridgehead atoms. The fourth-order valence-corrected chi connectivity index (χ4v) is 2.55. The summed E-state index contributed by atoms with van der Waals surface area (Å²) in [6.07, 6.45) is 1.11. The molecular weight excluding hydrogens is 320 g/mol. The zero-order chi connectivity index (χ0) is 17.3. The molecule has 0 aliphatic carbocycles. The second kappa shape index (κ2) is 5.99. The molecule has 0 atom stereocenters. The Bertz CT molecular complexity index is 817. The van der Waals surface area contributed by atoms with Crippen molar-refractivity contribution in [3.05, 3.63) is 46.4 Å². The van der Waals surface area contributed by atoms with E-state index in [0.29, 0.717) is 0 Å². The van der Waals surface area contributed by atoms with Gasteiger partial charge in [0.25, 0.3) is 15.7 Å². The van der Waals surface area contributed by atoms with E-state index in [0.717, 1.165) is 11.8 Å². The van der Waals surface area contributed by atoms with E-state index >= 15 is 0 Å². The van der Waals surface area contributed by atoms with Gasteiger partial charge in [-0.25, -0.2) is 0 Å². The maximum Gasteiger partial charge on any atom is 0.276 e. The van der Waals surface area contributed by atoms with Gasteiger partial charge < -0.3 is 5.21 Å². The summed E-state index contributed by atoms with van der Waals surface area (Å²) in [6.45, 7) is 7.61. The summed E-state index contributed by atoms with van der Waals surface area (Å²) in [7, 11) is -3.79. The lowest BCUT2D eigenvalue weighted by atomic mass is 9.87. The highest BCUT2D eigenvalue weighted by atomic mass is 32.2. The third-order valence-electron chi connectivity index (χ3n) is 3.25. The maximum atomic E-state index is 12.1. The maximum absolute atomic E-state index is 12.1. The number of aromatic nitrogens is 2. The lowest BCUT2D eigenvalue weighted by Gasteiger charge is -2.19. The van der Waals surface area contributed by atoms with Gasteiger partial charge in [0, 0.05) is 12.1 Å². The molecule has 0 unspecified atom stereocenters. The summed E-state index contributed by atoms with van der Waals surface area (Å²) >= 11 is 0. The Balaban J connectivity index is 2.14. The fourth-order valence-electron chi connectivity index (χ4n) is 1.76. The molecule has 2 aromatic rings. The van der Waals surface area contributed by atoms with Crippen molar-refractivity contribution in [2.45, 2.75) is 38.0 Å². The highest BCUT2D eigenvalue weighted by Crippen LogP contribution is 2.23. The first-order valence-corrected chi connectivity index (χ1v) is 8.31. The van der Waals surface area contributed by atoms with Gasteiger partial charge in [0.15, 0.2) is 0 Å². The Kier molecular flexibility index (Phi) is 4.42. The summed E-state index contributed by atoms with van der Waals surface area (Å²) in [6, 6.07) is 6.57. The molecule has 0 saturated heterocycles. The van der Waals surface area contributed by atoms with Gasteiger partial charge in [-0.3, -0.25) is 4.63 Å². The molecular formula is C14H18N4O4S. The van der Waals surface area contributed by atoms with Crippen molar-refractivity contribution in [1.82, 2.24) is 9.99 Å². The van der Waals surface area contributed by atoms with Gasteiger partial charge in [-0.05, 0) is 28.0 Å². The number of rotatable bonds is 4. The monoisotopic (exact) mass is 338 g/mol. The van der Waals surface area contributed by atoms with Crippen LogP contribution in [0.2, 0.25) is 0 Å². The fraction of sp³-hybridized carbons (Fsp3) is 0.357. The van der Waals surface area contributed by atoms with Gasteiger partial charge in [0.05, 0.1) is 4.90 Å². The molecule has 1 N–H and O–H groups in total. The first-order valence-electron chi connectivity index (χ1n) is 6.83. The van der Waals surface area contributed by atoms with Crippen molar-refractivity contribution >= 4 is 16.2 Å². The van der Waals surface area contributed by atoms with Crippen LogP contribution in [0.3, 0.4) is 0 Å². The SMILES string of the molecule is Cc1c(/C=N/NS(=O)(=O)c2ccc(C(C)(C)C)cc2)no[n+]1[O-]. The number of hydrazone groups is 1. The second-order valence-electron chi connectivity index (χ2n) is 6.03. The standard InChI is InChI=1S/C14H18N4O4S/c1-10-13(16-22-18(10)19)9-15-17-23(20,21)12-7-5-11(6-8-12)14(2,3)4/h5-9,17H,1-4H3/b15-9+. The van der Waals surface area contributed by atoms with Crippen LogP contribution in [0.15, 0.2) is 38.9 Å². The predicted molar refractivity (Wildman–Crippen MR) is 83.3 cm³/mol. The summed E-state index contributed by atoms with van der Waals surface area (Å²) < 4.78 is 28.6. The number of benzene rings is 1. The minimum atomic E-state index is -3.79. The lowest BCUT2D eigenvalue weighted by Crippen LogP contribution is -2.26. The molecule has 0 fully saturated rings. The van der Waals surface area contributed by atoms with Crippen LogP contribution >= 0.6 is 0 Å². The summed E-state index contributed by atoms with van der Waals surface area (Å²) in [5.74, 6) is 0. The van der Waals surface area contributed by atoms with Crippen LogP contribution in [0, 0.1) is 12.1 Å². The van der Waals surface area contributed by atoms with Gasteiger partial charge in [-0.15, -0.1) is 0 Å². The van der Waals surface area contributed by atoms with Crippen molar-refractivity contribution in [2.75, 3.05) is 0 Å². The number of nitrogens with zero attached hydrogens (tertiary/aromatic N) is 3. The van der Waals surface area contributed by atoms with E-state index in [1.54, 1.807) is 12.1 Å². The first kappa shape index (κ1) is 16.9. The van der Waals surface area contributed by atoms with Crippen molar-refractivity contribution < 1.29 is 17.9 Å². The minimum absolute atomic E-state index is 0.0634. The number of nitrogens with one attached hydrogen (secondary N) is 1. The van der Waals surface area contributed by atoms with Gasteiger partial charge in [0.1, 0.15) is 6.21 Å². The third kappa shape index (κ3) is 3.86. The number of sulfonamides is 1. The van der Waals surface area contributed by atoms with Crippen molar-refractivity contribution in [3.63, 3.8) is 0 Å². The van der Waals surface area contributed by atoms with E-state index in [2.05, 4.69) is 19.7 Å². The average Bonchev–Trinajstić information content (AvgIpc) is 2.78. The van der Waals surface area contributed by atoms with E-state index in [1.165, 1.54) is 19.1 Å². The quantitative estimate of drug-likeness (QED) is 0.512. The molecule has 0 saturated carbocycles. The van der Waals surface area contributed by atoms with Crippen LogP contribution in [-0.4, -0.2) is 19.8 Å². The van der Waals surface area contributed by atoms with E-state index in [1.807, 2.05) is 20.8 Å². The number of hydrogen-bond donors (Lipinski definition) is 1. The Morgan fingerprint density at radius 3 is 2.39 bits per heavy atom.